The van der Waals surface area contributed by atoms with Crippen LogP contribution in [-0.4, -0.2) is 11.9 Å². The first-order valence-corrected chi connectivity index (χ1v) is 14.1. The molecule has 0 N–H and O–H groups in total. The van der Waals surface area contributed by atoms with Gasteiger partial charge in [0.1, 0.15) is 13.2 Å². The van der Waals surface area contributed by atoms with Crippen molar-refractivity contribution in [2.24, 2.45) is 0 Å². The van der Waals surface area contributed by atoms with Crippen molar-refractivity contribution in [2.45, 2.75) is 117 Å². The minimum absolute atomic E-state index is 0.112. The van der Waals surface area contributed by atoms with E-state index in [0.29, 0.717) is 26.1 Å². The largest absolute Gasteiger partial charge is 0.461 e. The number of hydrogen-bond acceptors (Lipinski definition) is 4. The predicted octanol–water partition coefficient (Wildman–Crippen LogP) is 8.28. The van der Waals surface area contributed by atoms with Crippen LogP contribution in [0.3, 0.4) is 0 Å². The van der Waals surface area contributed by atoms with Gasteiger partial charge in [0.05, 0.1) is 0 Å². The Balaban J connectivity index is 1.49. The van der Waals surface area contributed by atoms with Gasteiger partial charge in [0.2, 0.25) is 0 Å². The topological polar surface area (TPSA) is 52.6 Å². The first kappa shape index (κ1) is 29.6. The lowest BCUT2D eigenvalue weighted by Gasteiger charge is -2.10. The Morgan fingerprint density at radius 1 is 0.528 bits per heavy atom. The van der Waals surface area contributed by atoms with Gasteiger partial charge < -0.3 is 9.47 Å². The third-order valence-electron chi connectivity index (χ3n) is 6.63. The lowest BCUT2D eigenvalue weighted by Crippen LogP contribution is -2.06. The van der Waals surface area contributed by atoms with Crippen LogP contribution in [0.15, 0.2) is 48.5 Å². The summed E-state index contributed by atoms with van der Waals surface area (Å²) < 4.78 is 11.0. The Hall–Kier alpha value is -2.62. The number of unbranched alkanes of at least 4 members (excludes halogenated alkanes) is 7. The van der Waals surface area contributed by atoms with Crippen LogP contribution in [0.2, 0.25) is 0 Å². The summed E-state index contributed by atoms with van der Waals surface area (Å²) >= 11 is 0. The summed E-state index contributed by atoms with van der Waals surface area (Å²) in [7, 11) is 0. The monoisotopic (exact) mass is 494 g/mol. The van der Waals surface area contributed by atoms with Crippen molar-refractivity contribution in [1.29, 1.82) is 0 Å². The fourth-order valence-corrected chi connectivity index (χ4v) is 4.33. The molecule has 0 bridgehead atoms. The number of carbonyl (C=O) groups is 2. The number of ether oxygens (including phenoxy) is 2. The molecule has 2 aromatic rings. The number of benzene rings is 2. The average molecular weight is 495 g/mol. The molecule has 4 heteroatoms. The molecule has 0 aromatic heterocycles. The van der Waals surface area contributed by atoms with E-state index in [1.54, 1.807) is 0 Å². The maximum Gasteiger partial charge on any atom is 0.306 e. The molecule has 0 amide bonds. The average Bonchev–Trinajstić information content (AvgIpc) is 2.90. The van der Waals surface area contributed by atoms with E-state index in [4.69, 9.17) is 9.47 Å². The Morgan fingerprint density at radius 3 is 1.28 bits per heavy atom. The lowest BCUT2D eigenvalue weighted by atomic mass is 10.0. The zero-order chi connectivity index (χ0) is 25.8. The van der Waals surface area contributed by atoms with Crippen LogP contribution in [0.25, 0.3) is 0 Å². The van der Waals surface area contributed by atoms with E-state index in [-0.39, 0.29) is 11.9 Å². The minimum Gasteiger partial charge on any atom is -0.461 e. The first-order chi connectivity index (χ1) is 17.6. The molecule has 4 nitrogen and oxygen atoms in total. The molecule has 0 heterocycles. The number of carbonyl (C=O) groups excluding carboxylic acids is 2. The zero-order valence-electron chi connectivity index (χ0n) is 22.6. The number of hydrogen-bond donors (Lipinski definition) is 0. The van der Waals surface area contributed by atoms with Crippen LogP contribution in [0.1, 0.15) is 113 Å². The molecule has 0 unspecified atom stereocenters. The Morgan fingerprint density at radius 2 is 0.889 bits per heavy atom. The fraction of sp³-hybridized carbons (Fsp3) is 0.562. The second-order valence-corrected chi connectivity index (χ2v) is 9.69. The molecule has 2 rings (SSSR count). The normalized spacial score (nSPS) is 10.8. The molecule has 0 spiro atoms. The number of rotatable bonds is 19. The third-order valence-corrected chi connectivity index (χ3v) is 6.63. The fourth-order valence-electron chi connectivity index (χ4n) is 4.33. The summed E-state index contributed by atoms with van der Waals surface area (Å²) in [5.74, 6) is -0.224. The Bertz CT molecular complexity index is 816. The van der Waals surface area contributed by atoms with Gasteiger partial charge in [-0.15, -0.1) is 0 Å². The van der Waals surface area contributed by atoms with Gasteiger partial charge in [-0.2, -0.15) is 0 Å². The van der Waals surface area contributed by atoms with Gasteiger partial charge >= 0.3 is 11.9 Å². The van der Waals surface area contributed by atoms with Gasteiger partial charge in [0, 0.05) is 12.8 Å². The maximum atomic E-state index is 12.1. The van der Waals surface area contributed by atoms with Crippen LogP contribution in [0.5, 0.6) is 0 Å². The summed E-state index contributed by atoms with van der Waals surface area (Å²) in [5, 5.41) is 0. The molecule has 36 heavy (non-hydrogen) atoms. The molecule has 0 atom stereocenters. The van der Waals surface area contributed by atoms with E-state index in [1.807, 2.05) is 24.3 Å². The highest BCUT2D eigenvalue weighted by Crippen LogP contribution is 2.16. The van der Waals surface area contributed by atoms with E-state index in [1.165, 1.54) is 11.1 Å². The van der Waals surface area contributed by atoms with Crippen molar-refractivity contribution in [1.82, 2.24) is 0 Å². The van der Waals surface area contributed by atoms with Crippen LogP contribution in [-0.2, 0) is 45.1 Å². The van der Waals surface area contributed by atoms with Crippen molar-refractivity contribution in [3.63, 3.8) is 0 Å². The van der Waals surface area contributed by atoms with E-state index in [2.05, 4.69) is 38.1 Å². The summed E-state index contributed by atoms with van der Waals surface area (Å²) in [6.07, 6.45) is 13.5. The summed E-state index contributed by atoms with van der Waals surface area (Å²) in [6, 6.07) is 16.5. The second-order valence-electron chi connectivity index (χ2n) is 9.69. The van der Waals surface area contributed by atoms with Gasteiger partial charge in [-0.25, -0.2) is 0 Å². The van der Waals surface area contributed by atoms with Gasteiger partial charge in [0.25, 0.3) is 0 Å². The minimum atomic E-state index is -0.112. The van der Waals surface area contributed by atoms with E-state index >= 15 is 0 Å². The van der Waals surface area contributed by atoms with E-state index in [9.17, 15) is 9.59 Å². The van der Waals surface area contributed by atoms with Crippen LogP contribution < -0.4 is 0 Å². The summed E-state index contributed by atoms with van der Waals surface area (Å²) in [6.45, 7) is 5.12. The van der Waals surface area contributed by atoms with Gasteiger partial charge in [-0.1, -0.05) is 101 Å². The SMILES string of the molecule is CCCCc1ccccc1COC(=O)CCCCCCCCC(=O)OCc1ccccc1CCCC. The standard InChI is InChI=1S/C32H46O4/c1-3-5-17-27-19-13-15-21-29(27)25-35-31(33)23-11-9-7-8-10-12-24-32(34)36-26-30-22-16-14-20-28(30)18-6-4-2/h13-16,19-22H,3-12,17-18,23-26H2,1-2H3. The molecule has 0 aliphatic rings. The molecule has 198 valence electrons. The van der Waals surface area contributed by atoms with Crippen molar-refractivity contribution >= 4 is 11.9 Å². The van der Waals surface area contributed by atoms with Crippen LogP contribution in [0, 0.1) is 0 Å². The van der Waals surface area contributed by atoms with Crippen molar-refractivity contribution in [2.75, 3.05) is 0 Å². The van der Waals surface area contributed by atoms with E-state index < -0.39 is 0 Å². The van der Waals surface area contributed by atoms with Crippen molar-refractivity contribution < 1.29 is 19.1 Å². The summed E-state index contributed by atoms with van der Waals surface area (Å²) in [5.41, 5.74) is 4.82. The molecule has 0 saturated heterocycles. The highest BCUT2D eigenvalue weighted by molar-refractivity contribution is 5.69. The molecule has 0 saturated carbocycles. The Labute approximate surface area is 218 Å². The smallest absolute Gasteiger partial charge is 0.306 e. The van der Waals surface area contributed by atoms with E-state index in [0.717, 1.165) is 88.2 Å². The molecule has 0 aliphatic heterocycles. The molecule has 0 fully saturated rings. The van der Waals surface area contributed by atoms with Gasteiger partial charge in [0.15, 0.2) is 0 Å². The molecule has 0 radical (unpaired) electrons. The zero-order valence-corrected chi connectivity index (χ0v) is 22.6. The van der Waals surface area contributed by atoms with Gasteiger partial charge in [-0.3, -0.25) is 9.59 Å². The highest BCUT2D eigenvalue weighted by atomic mass is 16.5. The molecular weight excluding hydrogens is 448 g/mol. The van der Waals surface area contributed by atoms with Crippen molar-refractivity contribution in [3.05, 3.63) is 70.8 Å². The second kappa shape index (κ2) is 18.6. The van der Waals surface area contributed by atoms with Crippen LogP contribution in [0.4, 0.5) is 0 Å². The third kappa shape index (κ3) is 12.4. The highest BCUT2D eigenvalue weighted by Gasteiger charge is 2.08. The van der Waals surface area contributed by atoms with Crippen LogP contribution >= 0.6 is 0 Å². The molecule has 2 aromatic carbocycles. The summed E-state index contributed by atoms with van der Waals surface area (Å²) in [4.78, 5) is 24.2. The van der Waals surface area contributed by atoms with Crippen molar-refractivity contribution in [3.8, 4) is 0 Å². The molecule has 0 aliphatic carbocycles. The quantitative estimate of drug-likeness (QED) is 0.146. The lowest BCUT2D eigenvalue weighted by molar-refractivity contribution is -0.146. The molecular formula is C32H46O4. The Kier molecular flexibility index (Phi) is 15.3. The predicted molar refractivity (Wildman–Crippen MR) is 147 cm³/mol. The first-order valence-electron chi connectivity index (χ1n) is 14.1. The van der Waals surface area contributed by atoms with Gasteiger partial charge in [-0.05, 0) is 60.8 Å². The number of esters is 2. The maximum absolute atomic E-state index is 12.1. The number of aryl methyl sites for hydroxylation is 2.